The van der Waals surface area contributed by atoms with Crippen molar-refractivity contribution in [1.82, 2.24) is 9.78 Å². The Bertz CT molecular complexity index is 261. The first kappa shape index (κ1) is 7.08. The molecule has 0 aliphatic heterocycles. The van der Waals surface area contributed by atoms with Crippen LogP contribution >= 0.6 is 0 Å². The van der Waals surface area contributed by atoms with Crippen LogP contribution in [-0.2, 0) is 13.5 Å². The van der Waals surface area contributed by atoms with Crippen LogP contribution in [0.5, 0.6) is 0 Å². The molecule has 0 bridgehead atoms. The average molecular weight is 142 g/mol. The normalized spacial score (nSPS) is 10.2. The van der Waals surface area contributed by atoms with Crippen LogP contribution in [0.3, 0.4) is 0 Å². The first-order chi connectivity index (χ1) is 4.75. The van der Waals surface area contributed by atoms with Gasteiger partial charge < -0.3 is 10.2 Å². The fourth-order valence-electron chi connectivity index (χ4n) is 0.810. The minimum atomic E-state index is -0.0611. The Hall–Kier alpha value is -1.03. The number of aryl methyl sites for hydroxylation is 1. The van der Waals surface area contributed by atoms with E-state index in [1.807, 2.05) is 0 Å². The first-order valence-corrected chi connectivity index (χ1v) is 3.10. The summed E-state index contributed by atoms with van der Waals surface area (Å²) in [4.78, 5) is 11.0. The van der Waals surface area contributed by atoms with Gasteiger partial charge in [-0.25, -0.2) is 0 Å². The van der Waals surface area contributed by atoms with Crippen molar-refractivity contribution >= 4 is 0 Å². The van der Waals surface area contributed by atoms with E-state index in [2.05, 4.69) is 5.10 Å². The molecule has 0 aliphatic rings. The Morgan fingerprint density at radius 2 is 2.50 bits per heavy atom. The van der Waals surface area contributed by atoms with E-state index >= 15 is 0 Å². The molecule has 56 valence electrons. The van der Waals surface area contributed by atoms with Crippen molar-refractivity contribution in [3.05, 3.63) is 22.1 Å². The molecular formula is C6H10N2O2. The summed E-state index contributed by atoms with van der Waals surface area (Å²) < 4.78 is 1.38. The Labute approximate surface area is 58.1 Å². The van der Waals surface area contributed by atoms with E-state index in [4.69, 9.17) is 5.11 Å². The van der Waals surface area contributed by atoms with E-state index in [1.165, 1.54) is 4.68 Å². The van der Waals surface area contributed by atoms with Gasteiger partial charge in [-0.1, -0.05) is 0 Å². The zero-order valence-electron chi connectivity index (χ0n) is 5.79. The van der Waals surface area contributed by atoms with Crippen LogP contribution in [0.25, 0.3) is 0 Å². The third kappa shape index (κ3) is 1.11. The van der Waals surface area contributed by atoms with Gasteiger partial charge in [0, 0.05) is 31.8 Å². The number of nitrogens with one attached hydrogen (secondary N) is 1. The van der Waals surface area contributed by atoms with Crippen LogP contribution < -0.4 is 5.56 Å². The molecule has 0 fully saturated rings. The lowest BCUT2D eigenvalue weighted by Crippen LogP contribution is -2.15. The highest BCUT2D eigenvalue weighted by molar-refractivity contribution is 5.04. The molecule has 1 aromatic heterocycles. The third-order valence-electron chi connectivity index (χ3n) is 1.39. The smallest absolute Gasteiger partial charge is 0.269 e. The van der Waals surface area contributed by atoms with Crippen molar-refractivity contribution in [2.24, 2.45) is 7.05 Å². The molecule has 0 spiro atoms. The van der Waals surface area contributed by atoms with E-state index in [0.717, 1.165) is 0 Å². The van der Waals surface area contributed by atoms with Crippen LogP contribution in [0.15, 0.2) is 11.0 Å². The first-order valence-electron chi connectivity index (χ1n) is 3.10. The molecule has 0 atom stereocenters. The molecular weight excluding hydrogens is 132 g/mol. The highest BCUT2D eigenvalue weighted by atomic mass is 16.3. The van der Waals surface area contributed by atoms with E-state index in [9.17, 15) is 4.79 Å². The van der Waals surface area contributed by atoms with E-state index in [-0.39, 0.29) is 12.2 Å². The predicted molar refractivity (Wildman–Crippen MR) is 36.8 cm³/mol. The zero-order chi connectivity index (χ0) is 7.56. The Kier molecular flexibility index (Phi) is 1.91. The summed E-state index contributed by atoms with van der Waals surface area (Å²) in [7, 11) is 1.64. The molecule has 0 aromatic carbocycles. The van der Waals surface area contributed by atoms with E-state index in [1.54, 1.807) is 13.2 Å². The summed E-state index contributed by atoms with van der Waals surface area (Å²) in [6.07, 6.45) is 2.04. The molecule has 0 saturated carbocycles. The number of aliphatic hydroxyl groups excluding tert-OH is 1. The molecule has 4 heteroatoms. The summed E-state index contributed by atoms with van der Waals surface area (Å²) in [6, 6.07) is 0. The number of aromatic nitrogens is 2. The molecule has 0 radical (unpaired) electrons. The summed E-state index contributed by atoms with van der Waals surface area (Å²) in [5.74, 6) is 0. The standard InChI is InChI=1S/C6H10N2O2/c1-8-6(10)5(2-3-9)4-7-8/h4,7,9H,2-3H2,1H3. The van der Waals surface area contributed by atoms with Gasteiger partial charge in [0.25, 0.3) is 5.56 Å². The van der Waals surface area contributed by atoms with Gasteiger partial charge in [0.2, 0.25) is 0 Å². The van der Waals surface area contributed by atoms with Gasteiger partial charge in [-0.2, -0.15) is 0 Å². The second-order valence-electron chi connectivity index (χ2n) is 2.14. The van der Waals surface area contributed by atoms with Gasteiger partial charge in [0.1, 0.15) is 0 Å². The highest BCUT2D eigenvalue weighted by Crippen LogP contribution is 1.87. The van der Waals surface area contributed by atoms with Crippen molar-refractivity contribution in [2.45, 2.75) is 6.42 Å². The fraction of sp³-hybridized carbons (Fsp3) is 0.500. The number of hydrogen-bond donors (Lipinski definition) is 2. The number of aliphatic hydroxyl groups is 1. The Morgan fingerprint density at radius 3 is 2.90 bits per heavy atom. The summed E-state index contributed by atoms with van der Waals surface area (Å²) >= 11 is 0. The van der Waals surface area contributed by atoms with Crippen LogP contribution in [-0.4, -0.2) is 21.5 Å². The molecule has 4 nitrogen and oxygen atoms in total. The largest absolute Gasteiger partial charge is 0.396 e. The predicted octanol–water partition coefficient (Wildman–Crippen LogP) is -0.752. The SMILES string of the molecule is Cn1[nH]cc(CCO)c1=O. The number of aromatic amines is 1. The monoisotopic (exact) mass is 142 g/mol. The molecule has 1 aromatic rings. The van der Waals surface area contributed by atoms with Crippen molar-refractivity contribution in [3.63, 3.8) is 0 Å². The topological polar surface area (TPSA) is 58.0 Å². The Balaban J connectivity index is 2.95. The van der Waals surface area contributed by atoms with Crippen LogP contribution in [0.2, 0.25) is 0 Å². The molecule has 1 rings (SSSR count). The third-order valence-corrected chi connectivity index (χ3v) is 1.39. The maximum absolute atomic E-state index is 11.0. The average Bonchev–Trinajstić information content (AvgIpc) is 2.20. The van der Waals surface area contributed by atoms with Crippen LogP contribution in [0.1, 0.15) is 5.56 Å². The van der Waals surface area contributed by atoms with Gasteiger partial charge in [0.05, 0.1) is 0 Å². The van der Waals surface area contributed by atoms with E-state index in [0.29, 0.717) is 12.0 Å². The number of hydrogen-bond acceptors (Lipinski definition) is 2. The van der Waals surface area contributed by atoms with Crippen LogP contribution in [0, 0.1) is 0 Å². The van der Waals surface area contributed by atoms with Gasteiger partial charge in [0.15, 0.2) is 0 Å². The zero-order valence-corrected chi connectivity index (χ0v) is 5.79. The maximum Gasteiger partial charge on any atom is 0.269 e. The van der Waals surface area contributed by atoms with Gasteiger partial charge >= 0.3 is 0 Å². The van der Waals surface area contributed by atoms with Gasteiger partial charge in [-0.05, 0) is 0 Å². The number of rotatable bonds is 2. The van der Waals surface area contributed by atoms with E-state index < -0.39 is 0 Å². The minimum Gasteiger partial charge on any atom is -0.396 e. The van der Waals surface area contributed by atoms with Crippen LogP contribution in [0.4, 0.5) is 0 Å². The second-order valence-corrected chi connectivity index (χ2v) is 2.14. The lowest BCUT2D eigenvalue weighted by Gasteiger charge is -1.86. The lowest BCUT2D eigenvalue weighted by molar-refractivity contribution is 0.299. The van der Waals surface area contributed by atoms with Crippen molar-refractivity contribution in [1.29, 1.82) is 0 Å². The van der Waals surface area contributed by atoms with Gasteiger partial charge in [-0.3, -0.25) is 9.48 Å². The minimum absolute atomic E-state index is 0.0209. The highest BCUT2D eigenvalue weighted by Gasteiger charge is 2.00. The summed E-state index contributed by atoms with van der Waals surface area (Å²) in [6.45, 7) is 0.0209. The molecule has 2 N–H and O–H groups in total. The van der Waals surface area contributed by atoms with Gasteiger partial charge in [-0.15, -0.1) is 0 Å². The fourth-order valence-corrected chi connectivity index (χ4v) is 0.810. The molecule has 0 unspecified atom stereocenters. The van der Waals surface area contributed by atoms with Crippen molar-refractivity contribution in [3.8, 4) is 0 Å². The molecule has 0 saturated heterocycles. The second kappa shape index (κ2) is 2.70. The molecule has 1 heterocycles. The quantitative estimate of drug-likeness (QED) is 0.570. The van der Waals surface area contributed by atoms with Crippen molar-refractivity contribution in [2.75, 3.05) is 6.61 Å². The number of H-pyrrole nitrogens is 1. The molecule has 0 aliphatic carbocycles. The summed E-state index contributed by atoms with van der Waals surface area (Å²) in [5.41, 5.74) is 0.569. The number of nitrogens with zero attached hydrogens (tertiary/aromatic N) is 1. The van der Waals surface area contributed by atoms with Crippen molar-refractivity contribution < 1.29 is 5.11 Å². The lowest BCUT2D eigenvalue weighted by atomic mass is 10.3. The maximum atomic E-state index is 11.0. The Morgan fingerprint density at radius 1 is 1.80 bits per heavy atom. The summed E-state index contributed by atoms with van der Waals surface area (Å²) in [5, 5.41) is 11.2. The molecule has 0 amide bonds. The molecule has 10 heavy (non-hydrogen) atoms.